The Kier molecular flexibility index (Phi) is 7.33. The van der Waals surface area contributed by atoms with Gasteiger partial charge in [-0.15, -0.1) is 0 Å². The van der Waals surface area contributed by atoms with Crippen molar-refractivity contribution >= 4 is 11.8 Å². The fraction of sp³-hybridized carbons (Fsp3) is 0.556. The number of nitrogens with one attached hydrogen (secondary N) is 1. The van der Waals surface area contributed by atoms with Crippen LogP contribution in [0.3, 0.4) is 0 Å². The second-order valence-corrected chi connectivity index (χ2v) is 6.18. The van der Waals surface area contributed by atoms with Crippen LogP contribution in [0, 0.1) is 5.82 Å². The van der Waals surface area contributed by atoms with E-state index in [1.54, 1.807) is 23.1 Å². The predicted octanol–water partition coefficient (Wildman–Crippen LogP) is 0.747. The third kappa shape index (κ3) is 5.24. The number of amides is 2. The van der Waals surface area contributed by atoms with Crippen LogP contribution < -0.4 is 5.32 Å². The number of aliphatic hydroxyl groups is 1. The topological polar surface area (TPSA) is 72.9 Å². The second-order valence-electron chi connectivity index (χ2n) is 6.18. The maximum absolute atomic E-state index is 13.9. The quantitative estimate of drug-likeness (QED) is 0.725. The van der Waals surface area contributed by atoms with Crippen LogP contribution in [0.15, 0.2) is 24.3 Å². The molecule has 0 spiro atoms. The van der Waals surface area contributed by atoms with Crippen LogP contribution in [-0.2, 0) is 16.1 Å². The molecule has 0 aliphatic carbocycles. The first-order valence-corrected chi connectivity index (χ1v) is 8.70. The Morgan fingerprint density at radius 2 is 2.16 bits per heavy atom. The summed E-state index contributed by atoms with van der Waals surface area (Å²) < 4.78 is 13.9. The highest BCUT2D eigenvalue weighted by molar-refractivity contribution is 5.88. The maximum Gasteiger partial charge on any atom is 0.237 e. The first kappa shape index (κ1) is 19.3. The minimum Gasteiger partial charge on any atom is -0.395 e. The van der Waals surface area contributed by atoms with Crippen LogP contribution in [0.4, 0.5) is 4.39 Å². The summed E-state index contributed by atoms with van der Waals surface area (Å²) in [5, 5.41) is 11.9. The molecule has 0 unspecified atom stereocenters. The van der Waals surface area contributed by atoms with Crippen molar-refractivity contribution in [2.45, 2.75) is 32.4 Å². The van der Waals surface area contributed by atoms with Crippen molar-refractivity contribution < 1.29 is 19.1 Å². The molecule has 2 rings (SSSR count). The van der Waals surface area contributed by atoms with E-state index in [-0.39, 0.29) is 43.7 Å². The highest BCUT2D eigenvalue weighted by Crippen LogP contribution is 2.17. The molecule has 1 aliphatic heterocycles. The lowest BCUT2D eigenvalue weighted by molar-refractivity contribution is -0.139. The molecule has 25 heavy (non-hydrogen) atoms. The van der Waals surface area contributed by atoms with Crippen molar-refractivity contribution in [1.82, 2.24) is 15.1 Å². The van der Waals surface area contributed by atoms with Gasteiger partial charge in [-0.25, -0.2) is 4.39 Å². The highest BCUT2D eigenvalue weighted by atomic mass is 19.1. The number of benzene rings is 1. The summed E-state index contributed by atoms with van der Waals surface area (Å²) in [7, 11) is 0. The van der Waals surface area contributed by atoms with Gasteiger partial charge in [0.15, 0.2) is 0 Å². The number of rotatable bonds is 8. The van der Waals surface area contributed by atoms with Crippen LogP contribution in [0.5, 0.6) is 0 Å². The van der Waals surface area contributed by atoms with Crippen molar-refractivity contribution in [3.05, 3.63) is 35.6 Å². The van der Waals surface area contributed by atoms with E-state index in [1.165, 1.54) is 6.07 Å². The van der Waals surface area contributed by atoms with Crippen LogP contribution in [0.1, 0.15) is 25.3 Å². The van der Waals surface area contributed by atoms with Gasteiger partial charge in [0.05, 0.1) is 19.1 Å². The number of hydrogen-bond donors (Lipinski definition) is 2. The monoisotopic (exact) mass is 351 g/mol. The summed E-state index contributed by atoms with van der Waals surface area (Å²) in [6.45, 7) is 3.97. The Morgan fingerprint density at radius 1 is 1.40 bits per heavy atom. The van der Waals surface area contributed by atoms with Crippen LogP contribution in [-0.4, -0.2) is 65.5 Å². The van der Waals surface area contributed by atoms with Gasteiger partial charge in [0.2, 0.25) is 11.8 Å². The number of aliphatic hydroxyl groups excluding tert-OH is 1. The molecule has 138 valence electrons. The average molecular weight is 351 g/mol. The molecule has 1 atom stereocenters. The van der Waals surface area contributed by atoms with Gasteiger partial charge in [-0.3, -0.25) is 14.5 Å². The van der Waals surface area contributed by atoms with Crippen molar-refractivity contribution in [1.29, 1.82) is 0 Å². The number of hydrogen-bond acceptors (Lipinski definition) is 4. The highest BCUT2D eigenvalue weighted by Gasteiger charge is 2.33. The molecule has 0 saturated carbocycles. The molecule has 1 aromatic rings. The molecule has 2 N–H and O–H groups in total. The van der Waals surface area contributed by atoms with E-state index >= 15 is 0 Å². The first-order valence-electron chi connectivity index (χ1n) is 8.70. The Labute approximate surface area is 147 Å². The lowest BCUT2D eigenvalue weighted by Gasteiger charge is -2.35. The zero-order chi connectivity index (χ0) is 18.2. The molecular formula is C18H26FN3O3. The fourth-order valence-electron chi connectivity index (χ4n) is 3.06. The van der Waals surface area contributed by atoms with E-state index in [0.717, 1.165) is 6.42 Å². The lowest BCUT2D eigenvalue weighted by atomic mass is 10.1. The summed E-state index contributed by atoms with van der Waals surface area (Å²) in [5.74, 6) is -0.695. The van der Waals surface area contributed by atoms with E-state index < -0.39 is 6.04 Å². The van der Waals surface area contributed by atoms with Crippen molar-refractivity contribution in [2.75, 3.05) is 32.8 Å². The van der Waals surface area contributed by atoms with Crippen molar-refractivity contribution in [2.24, 2.45) is 0 Å². The predicted molar refractivity (Wildman–Crippen MR) is 92.2 cm³/mol. The average Bonchev–Trinajstić information content (AvgIpc) is 2.59. The Bertz CT molecular complexity index is 591. The number of nitrogens with zero attached hydrogens (tertiary/aromatic N) is 2. The van der Waals surface area contributed by atoms with Gasteiger partial charge < -0.3 is 15.3 Å². The second kappa shape index (κ2) is 9.48. The summed E-state index contributed by atoms with van der Waals surface area (Å²) >= 11 is 0. The molecule has 0 bridgehead atoms. The number of piperazine rings is 1. The molecule has 1 aromatic carbocycles. The van der Waals surface area contributed by atoms with Crippen LogP contribution >= 0.6 is 0 Å². The molecule has 0 aromatic heterocycles. The van der Waals surface area contributed by atoms with Crippen LogP contribution in [0.2, 0.25) is 0 Å². The zero-order valence-corrected chi connectivity index (χ0v) is 14.6. The van der Waals surface area contributed by atoms with Crippen LogP contribution in [0.25, 0.3) is 0 Å². The van der Waals surface area contributed by atoms with Gasteiger partial charge >= 0.3 is 0 Å². The number of halogens is 1. The van der Waals surface area contributed by atoms with Crippen molar-refractivity contribution in [3.63, 3.8) is 0 Å². The van der Waals surface area contributed by atoms with Gasteiger partial charge in [0.1, 0.15) is 5.82 Å². The molecule has 2 amide bonds. The third-order valence-corrected chi connectivity index (χ3v) is 4.36. The molecule has 1 heterocycles. The summed E-state index contributed by atoms with van der Waals surface area (Å²) in [4.78, 5) is 28.2. The summed E-state index contributed by atoms with van der Waals surface area (Å²) in [6.07, 6.45) is 0.807. The molecular weight excluding hydrogens is 325 g/mol. The lowest BCUT2D eigenvalue weighted by Crippen LogP contribution is -2.56. The van der Waals surface area contributed by atoms with Gasteiger partial charge in [0, 0.05) is 38.3 Å². The summed E-state index contributed by atoms with van der Waals surface area (Å²) in [6, 6.07) is 5.84. The van der Waals surface area contributed by atoms with E-state index in [9.17, 15) is 14.0 Å². The number of carbonyl (C=O) groups is 2. The Hall–Kier alpha value is -1.99. The molecule has 1 saturated heterocycles. The van der Waals surface area contributed by atoms with E-state index in [4.69, 9.17) is 5.11 Å². The normalized spacial score (nSPS) is 18.0. The van der Waals surface area contributed by atoms with E-state index in [0.29, 0.717) is 25.2 Å². The minimum atomic E-state index is -0.626. The maximum atomic E-state index is 13.9. The SMILES string of the molecule is CCCN(CCO)C(=O)C[C@@H]1C(=O)NCCN1Cc1ccccc1F. The summed E-state index contributed by atoms with van der Waals surface area (Å²) in [5.41, 5.74) is 0.510. The first-order chi connectivity index (χ1) is 12.1. The Balaban J connectivity index is 2.09. The molecule has 1 aliphatic rings. The van der Waals surface area contributed by atoms with Gasteiger partial charge in [0.25, 0.3) is 0 Å². The smallest absolute Gasteiger partial charge is 0.237 e. The standard InChI is InChI=1S/C18H26FN3O3/c1-2-8-21(10-11-23)17(24)12-16-18(25)20-7-9-22(16)13-14-5-3-4-6-15(14)19/h3-6,16,23H,2,7-13H2,1H3,(H,20,25)/t16-/m1/s1. The largest absolute Gasteiger partial charge is 0.395 e. The van der Waals surface area contributed by atoms with E-state index in [1.807, 2.05) is 11.8 Å². The van der Waals surface area contributed by atoms with Crippen molar-refractivity contribution in [3.8, 4) is 0 Å². The molecule has 6 nitrogen and oxygen atoms in total. The molecule has 1 fully saturated rings. The molecule has 7 heteroatoms. The molecule has 0 radical (unpaired) electrons. The zero-order valence-electron chi connectivity index (χ0n) is 14.6. The number of carbonyl (C=O) groups excluding carboxylic acids is 2. The van der Waals surface area contributed by atoms with E-state index in [2.05, 4.69) is 5.32 Å². The Morgan fingerprint density at radius 3 is 2.84 bits per heavy atom. The van der Waals surface area contributed by atoms with Gasteiger partial charge in [-0.1, -0.05) is 25.1 Å². The third-order valence-electron chi connectivity index (χ3n) is 4.36. The van der Waals surface area contributed by atoms with Gasteiger partial charge in [-0.2, -0.15) is 0 Å². The fourth-order valence-corrected chi connectivity index (χ4v) is 3.06. The minimum absolute atomic E-state index is 0.0281. The van der Waals surface area contributed by atoms with Gasteiger partial charge in [-0.05, 0) is 12.5 Å².